The lowest BCUT2D eigenvalue weighted by atomic mass is 10.4. The Hall–Kier alpha value is -1.62. The molecule has 0 aliphatic rings. The smallest absolute Gasteiger partial charge is 0.218 e. The summed E-state index contributed by atoms with van der Waals surface area (Å²) in [6, 6.07) is 0. The molecule has 5 heteroatoms. The Morgan fingerprint density at radius 1 is 1.36 bits per heavy atom. The van der Waals surface area contributed by atoms with Crippen molar-refractivity contribution >= 4 is 28.6 Å². The van der Waals surface area contributed by atoms with E-state index in [-0.39, 0.29) is 0 Å². The third kappa shape index (κ3) is 2.00. The van der Waals surface area contributed by atoms with Gasteiger partial charge in [0.2, 0.25) is 5.89 Å². The molecule has 2 aromatic heterocycles. The molecule has 0 fully saturated rings. The van der Waals surface area contributed by atoms with Gasteiger partial charge in [-0.05, 0) is 13.0 Å². The lowest BCUT2D eigenvalue weighted by Crippen LogP contribution is -1.77. The minimum Gasteiger partial charge on any atom is -0.442 e. The van der Waals surface area contributed by atoms with Crippen molar-refractivity contribution in [3.05, 3.63) is 28.9 Å². The third-order valence-electron chi connectivity index (χ3n) is 1.57. The van der Waals surface area contributed by atoms with E-state index in [2.05, 4.69) is 9.97 Å². The van der Waals surface area contributed by atoms with Gasteiger partial charge in [0, 0.05) is 17.2 Å². The molecule has 2 aromatic rings. The molecule has 0 radical (unpaired) electrons. The van der Waals surface area contributed by atoms with Gasteiger partial charge in [-0.15, -0.1) is 0 Å². The lowest BCUT2D eigenvalue weighted by molar-refractivity contribution is 0.517. The highest BCUT2D eigenvalue weighted by Gasteiger charge is 1.96. The predicted octanol–water partition coefficient (Wildman–Crippen LogP) is 2.19. The first-order chi connectivity index (χ1) is 6.74. The molecule has 0 atom stereocenters. The fourth-order valence-corrected chi connectivity index (χ4v) is 1.57. The van der Waals surface area contributed by atoms with Gasteiger partial charge in [0.25, 0.3) is 0 Å². The van der Waals surface area contributed by atoms with Crippen molar-refractivity contribution in [2.24, 2.45) is 0 Å². The van der Waals surface area contributed by atoms with Crippen molar-refractivity contribution in [2.75, 3.05) is 5.73 Å². The molecule has 0 aliphatic carbocycles. The molecular weight excluding hydrogens is 198 g/mol. The largest absolute Gasteiger partial charge is 0.442 e. The molecule has 14 heavy (non-hydrogen) atoms. The van der Waals surface area contributed by atoms with E-state index in [1.807, 2.05) is 13.0 Å². The molecule has 0 saturated heterocycles. The zero-order chi connectivity index (χ0) is 9.97. The van der Waals surface area contributed by atoms with Crippen molar-refractivity contribution in [3.8, 4) is 0 Å². The number of nitrogens with zero attached hydrogens (tertiary/aromatic N) is 2. The van der Waals surface area contributed by atoms with Crippen molar-refractivity contribution in [1.29, 1.82) is 0 Å². The van der Waals surface area contributed by atoms with Gasteiger partial charge in [-0.1, -0.05) is 11.3 Å². The molecule has 0 amide bonds. The second kappa shape index (κ2) is 3.63. The van der Waals surface area contributed by atoms with Gasteiger partial charge < -0.3 is 10.2 Å². The van der Waals surface area contributed by atoms with Gasteiger partial charge in [-0.2, -0.15) is 0 Å². The molecular formula is C9H9N3OS. The summed E-state index contributed by atoms with van der Waals surface area (Å²) in [6.45, 7) is 1.86. The van der Waals surface area contributed by atoms with Crippen LogP contribution in [0.1, 0.15) is 16.5 Å². The second-order valence-electron chi connectivity index (χ2n) is 2.74. The number of aromatic nitrogens is 2. The zero-order valence-corrected chi connectivity index (χ0v) is 8.41. The number of aryl methyl sites for hydroxylation is 1. The van der Waals surface area contributed by atoms with Gasteiger partial charge in [-0.25, -0.2) is 9.97 Å². The first kappa shape index (κ1) is 8.96. The maximum Gasteiger partial charge on any atom is 0.218 e. The van der Waals surface area contributed by atoms with E-state index in [1.165, 1.54) is 11.3 Å². The quantitative estimate of drug-likeness (QED) is 0.819. The van der Waals surface area contributed by atoms with Crippen LogP contribution in [0.15, 0.2) is 16.8 Å². The van der Waals surface area contributed by atoms with Crippen LogP contribution in [0.2, 0.25) is 0 Å². The molecule has 4 nitrogen and oxygen atoms in total. The third-order valence-corrected chi connectivity index (χ3v) is 2.36. The number of anilines is 1. The monoisotopic (exact) mass is 207 g/mol. The summed E-state index contributed by atoms with van der Waals surface area (Å²) in [6.07, 6.45) is 7.06. The Kier molecular flexibility index (Phi) is 2.32. The van der Waals surface area contributed by atoms with Gasteiger partial charge >= 0.3 is 0 Å². The molecule has 0 spiro atoms. The number of oxazole rings is 1. The molecule has 72 valence electrons. The minimum absolute atomic E-state index is 0.563. The summed E-state index contributed by atoms with van der Waals surface area (Å²) in [5.74, 6) is 1.39. The second-order valence-corrected chi connectivity index (χ2v) is 3.84. The number of rotatable bonds is 2. The number of hydrogen-bond donors (Lipinski definition) is 1. The summed E-state index contributed by atoms with van der Waals surface area (Å²) >= 11 is 1.42. The number of nitrogens with two attached hydrogens (primary N) is 1. The first-order valence-corrected chi connectivity index (χ1v) is 4.87. The molecule has 0 unspecified atom stereocenters. The van der Waals surface area contributed by atoms with E-state index in [0.717, 1.165) is 10.6 Å². The van der Waals surface area contributed by atoms with E-state index in [4.69, 9.17) is 10.2 Å². The van der Waals surface area contributed by atoms with Gasteiger partial charge in [0.15, 0.2) is 5.13 Å². The van der Waals surface area contributed by atoms with Crippen molar-refractivity contribution in [1.82, 2.24) is 9.97 Å². The van der Waals surface area contributed by atoms with E-state index in [1.54, 1.807) is 18.5 Å². The SMILES string of the molecule is Cc1cnc(/C=C\c2cnc(N)s2)o1. The highest BCUT2D eigenvalue weighted by atomic mass is 32.1. The van der Waals surface area contributed by atoms with Gasteiger partial charge in [-0.3, -0.25) is 0 Å². The van der Waals surface area contributed by atoms with Crippen LogP contribution in [0.25, 0.3) is 12.2 Å². The fraction of sp³-hybridized carbons (Fsp3) is 0.111. The average Bonchev–Trinajstić information content (AvgIpc) is 2.72. The van der Waals surface area contributed by atoms with Crippen LogP contribution in [-0.2, 0) is 0 Å². The molecule has 0 bridgehead atoms. The molecule has 2 N–H and O–H groups in total. The first-order valence-electron chi connectivity index (χ1n) is 4.06. The Morgan fingerprint density at radius 2 is 2.21 bits per heavy atom. The zero-order valence-electron chi connectivity index (χ0n) is 7.60. The Balaban J connectivity index is 2.14. The number of nitrogen functional groups attached to an aromatic ring is 1. The Bertz CT molecular complexity index is 416. The summed E-state index contributed by atoms with van der Waals surface area (Å²) in [7, 11) is 0. The van der Waals surface area contributed by atoms with E-state index >= 15 is 0 Å². The van der Waals surface area contributed by atoms with Crippen LogP contribution in [0, 0.1) is 6.92 Å². The Morgan fingerprint density at radius 3 is 2.79 bits per heavy atom. The van der Waals surface area contributed by atoms with Crippen molar-refractivity contribution in [3.63, 3.8) is 0 Å². The van der Waals surface area contributed by atoms with Crippen LogP contribution in [0.4, 0.5) is 5.13 Å². The van der Waals surface area contributed by atoms with Crippen LogP contribution in [0.5, 0.6) is 0 Å². The van der Waals surface area contributed by atoms with E-state index in [9.17, 15) is 0 Å². The maximum atomic E-state index is 5.49. The molecule has 0 aromatic carbocycles. The number of thiazole rings is 1. The summed E-state index contributed by atoms with van der Waals surface area (Å²) < 4.78 is 5.27. The lowest BCUT2D eigenvalue weighted by Gasteiger charge is -1.82. The van der Waals surface area contributed by atoms with Crippen LogP contribution in [-0.4, -0.2) is 9.97 Å². The maximum absolute atomic E-state index is 5.49. The molecule has 2 rings (SSSR count). The summed E-state index contributed by atoms with van der Waals surface area (Å²) in [5.41, 5.74) is 5.49. The molecule has 0 saturated carbocycles. The standard InChI is InChI=1S/C9H9N3OS/c1-6-4-11-8(13-6)3-2-7-5-12-9(10)14-7/h2-5H,1H3,(H2,10,12)/b3-2-. The average molecular weight is 207 g/mol. The highest BCUT2D eigenvalue weighted by molar-refractivity contribution is 7.16. The van der Waals surface area contributed by atoms with Gasteiger partial charge in [0.1, 0.15) is 5.76 Å². The highest BCUT2D eigenvalue weighted by Crippen LogP contribution is 2.17. The fourth-order valence-electron chi connectivity index (χ4n) is 0.980. The topological polar surface area (TPSA) is 64.9 Å². The van der Waals surface area contributed by atoms with Crippen molar-refractivity contribution < 1.29 is 4.42 Å². The Labute approximate surface area is 85.1 Å². The van der Waals surface area contributed by atoms with Crippen LogP contribution in [0.3, 0.4) is 0 Å². The van der Waals surface area contributed by atoms with E-state index < -0.39 is 0 Å². The summed E-state index contributed by atoms with van der Waals surface area (Å²) in [5, 5.41) is 0.563. The number of hydrogen-bond acceptors (Lipinski definition) is 5. The minimum atomic E-state index is 0.563. The van der Waals surface area contributed by atoms with E-state index in [0.29, 0.717) is 11.0 Å². The molecule has 2 heterocycles. The molecule has 0 aliphatic heterocycles. The predicted molar refractivity (Wildman–Crippen MR) is 56.7 cm³/mol. The van der Waals surface area contributed by atoms with Gasteiger partial charge in [0.05, 0.1) is 6.20 Å². The summed E-state index contributed by atoms with van der Waals surface area (Å²) in [4.78, 5) is 8.95. The van der Waals surface area contributed by atoms with Crippen LogP contribution < -0.4 is 5.73 Å². The normalized spacial score (nSPS) is 11.2. The van der Waals surface area contributed by atoms with Crippen LogP contribution >= 0.6 is 11.3 Å². The van der Waals surface area contributed by atoms with Crippen molar-refractivity contribution in [2.45, 2.75) is 6.92 Å².